The highest BCUT2D eigenvalue weighted by Gasteiger charge is 2.20. The molecule has 0 radical (unpaired) electrons. The fourth-order valence-corrected chi connectivity index (χ4v) is 2.99. The minimum atomic E-state index is -0.298. The molecule has 0 unspecified atom stereocenters. The van der Waals surface area contributed by atoms with Crippen LogP contribution < -0.4 is 5.32 Å². The molecule has 3 aromatic rings. The Morgan fingerprint density at radius 3 is 2.48 bits per heavy atom. The van der Waals surface area contributed by atoms with E-state index in [1.807, 2.05) is 0 Å². The maximum atomic E-state index is 12.2. The van der Waals surface area contributed by atoms with Crippen LogP contribution in [0.1, 0.15) is 41.4 Å². The van der Waals surface area contributed by atoms with E-state index in [4.69, 9.17) is 0 Å². The summed E-state index contributed by atoms with van der Waals surface area (Å²) in [4.78, 5) is 16.2. The summed E-state index contributed by atoms with van der Waals surface area (Å²) in [6, 6.07) is 12.0. The third-order valence-corrected chi connectivity index (χ3v) is 4.54. The van der Waals surface area contributed by atoms with Crippen LogP contribution in [0.4, 0.5) is 5.69 Å². The second-order valence-corrected chi connectivity index (χ2v) is 6.41. The molecule has 0 aliphatic carbocycles. The van der Waals surface area contributed by atoms with Crippen LogP contribution in [0.15, 0.2) is 48.7 Å². The summed E-state index contributed by atoms with van der Waals surface area (Å²) in [6.45, 7) is 3.89. The Morgan fingerprint density at radius 2 is 1.85 bits per heavy atom. The van der Waals surface area contributed by atoms with Crippen LogP contribution >= 0.6 is 0 Å². The van der Waals surface area contributed by atoms with Crippen LogP contribution in [0.5, 0.6) is 11.8 Å². The number of nitrogens with zero attached hydrogens (tertiary/aromatic N) is 2. The monoisotopic (exact) mass is 365 g/mol. The number of unbranched alkanes of at least 4 members (excludes halogenated alkanes) is 1. The minimum absolute atomic E-state index is 0.0314. The standard InChI is InChI=1S/C21H23N3O3/c1-3-4-7-17-14(2)20(26)24(21(17)27)16-11-9-15(10-12-16)23-19(25)18-8-5-6-13-22-18/h5-6,8-13,26-27H,3-4,7H2,1-2H3,(H,23,25). The number of nitrogens with one attached hydrogen (secondary N) is 1. The van der Waals surface area contributed by atoms with Gasteiger partial charge in [0, 0.05) is 23.0 Å². The number of amides is 1. The van der Waals surface area contributed by atoms with Crippen LogP contribution in [-0.2, 0) is 6.42 Å². The summed E-state index contributed by atoms with van der Waals surface area (Å²) in [6.07, 6.45) is 4.23. The fraction of sp³-hybridized carbons (Fsp3) is 0.238. The van der Waals surface area contributed by atoms with Gasteiger partial charge in [0.1, 0.15) is 5.69 Å². The molecule has 27 heavy (non-hydrogen) atoms. The molecule has 0 fully saturated rings. The highest BCUT2D eigenvalue weighted by atomic mass is 16.3. The molecule has 2 heterocycles. The molecule has 0 saturated carbocycles. The molecule has 0 atom stereocenters. The molecule has 6 nitrogen and oxygen atoms in total. The molecule has 0 saturated heterocycles. The molecule has 0 aliphatic heterocycles. The second kappa shape index (κ2) is 7.95. The van der Waals surface area contributed by atoms with Crippen molar-refractivity contribution in [2.24, 2.45) is 0 Å². The Hall–Kier alpha value is -3.28. The highest BCUT2D eigenvalue weighted by molar-refractivity contribution is 6.02. The highest BCUT2D eigenvalue weighted by Crippen LogP contribution is 2.37. The van der Waals surface area contributed by atoms with Gasteiger partial charge in [0.15, 0.2) is 0 Å². The Balaban J connectivity index is 1.83. The van der Waals surface area contributed by atoms with Gasteiger partial charge in [-0.25, -0.2) is 0 Å². The van der Waals surface area contributed by atoms with E-state index in [2.05, 4.69) is 17.2 Å². The topological polar surface area (TPSA) is 87.4 Å². The van der Waals surface area contributed by atoms with Gasteiger partial charge in [-0.2, -0.15) is 0 Å². The number of benzene rings is 1. The van der Waals surface area contributed by atoms with E-state index in [9.17, 15) is 15.0 Å². The van der Waals surface area contributed by atoms with Gasteiger partial charge in [-0.1, -0.05) is 19.4 Å². The van der Waals surface area contributed by atoms with E-state index in [-0.39, 0.29) is 17.7 Å². The summed E-state index contributed by atoms with van der Waals surface area (Å²) in [5, 5.41) is 23.8. The SMILES string of the molecule is CCCCc1c(C)c(O)n(-c2ccc(NC(=O)c3ccccn3)cc2)c1O. The zero-order valence-corrected chi connectivity index (χ0v) is 15.4. The number of aromatic hydroxyl groups is 2. The Kier molecular flexibility index (Phi) is 5.45. The van der Waals surface area contributed by atoms with Crippen molar-refractivity contribution in [2.75, 3.05) is 5.32 Å². The van der Waals surface area contributed by atoms with Crippen molar-refractivity contribution in [1.82, 2.24) is 9.55 Å². The van der Waals surface area contributed by atoms with Crippen LogP contribution in [-0.4, -0.2) is 25.7 Å². The van der Waals surface area contributed by atoms with Gasteiger partial charge in [0.05, 0.1) is 5.69 Å². The van der Waals surface area contributed by atoms with Crippen LogP contribution in [0.2, 0.25) is 0 Å². The molecule has 1 amide bonds. The van der Waals surface area contributed by atoms with E-state index in [1.165, 1.54) is 4.57 Å². The summed E-state index contributed by atoms with van der Waals surface area (Å²) in [7, 11) is 0. The lowest BCUT2D eigenvalue weighted by atomic mass is 10.1. The minimum Gasteiger partial charge on any atom is -0.494 e. The smallest absolute Gasteiger partial charge is 0.274 e. The first-order chi connectivity index (χ1) is 13.0. The maximum Gasteiger partial charge on any atom is 0.274 e. The van der Waals surface area contributed by atoms with Gasteiger partial charge < -0.3 is 15.5 Å². The fourth-order valence-electron chi connectivity index (χ4n) is 2.99. The summed E-state index contributed by atoms with van der Waals surface area (Å²) in [5.74, 6) is -0.208. The van der Waals surface area contributed by atoms with E-state index in [0.29, 0.717) is 29.1 Å². The van der Waals surface area contributed by atoms with Gasteiger partial charge in [-0.15, -0.1) is 0 Å². The van der Waals surface area contributed by atoms with Crippen molar-refractivity contribution in [3.8, 4) is 17.4 Å². The van der Waals surface area contributed by atoms with Gasteiger partial charge in [0.25, 0.3) is 5.91 Å². The van der Waals surface area contributed by atoms with Crippen LogP contribution in [0, 0.1) is 6.92 Å². The molecule has 0 aliphatic rings. The van der Waals surface area contributed by atoms with Crippen molar-refractivity contribution in [3.05, 3.63) is 65.5 Å². The summed E-state index contributed by atoms with van der Waals surface area (Å²) < 4.78 is 1.42. The normalized spacial score (nSPS) is 10.7. The first kappa shape index (κ1) is 18.5. The van der Waals surface area contributed by atoms with Gasteiger partial charge in [0.2, 0.25) is 11.8 Å². The Bertz CT molecular complexity index is 932. The first-order valence-electron chi connectivity index (χ1n) is 8.97. The molecule has 140 valence electrons. The van der Waals surface area contributed by atoms with E-state index in [1.54, 1.807) is 55.6 Å². The molecule has 2 aromatic heterocycles. The summed E-state index contributed by atoms with van der Waals surface area (Å²) in [5.41, 5.74) is 3.00. The molecule has 3 rings (SSSR count). The quantitative estimate of drug-likeness (QED) is 0.611. The van der Waals surface area contributed by atoms with Crippen molar-refractivity contribution in [3.63, 3.8) is 0 Å². The second-order valence-electron chi connectivity index (χ2n) is 6.41. The lowest BCUT2D eigenvalue weighted by Crippen LogP contribution is -2.13. The number of aromatic nitrogens is 2. The lowest BCUT2D eigenvalue weighted by molar-refractivity contribution is 0.102. The predicted octanol–water partition coefficient (Wildman–Crippen LogP) is 4.19. The third-order valence-electron chi connectivity index (χ3n) is 4.54. The molecule has 0 spiro atoms. The lowest BCUT2D eigenvalue weighted by Gasteiger charge is -2.09. The average molecular weight is 365 g/mol. The Labute approximate surface area is 158 Å². The van der Waals surface area contributed by atoms with Gasteiger partial charge in [-0.3, -0.25) is 14.3 Å². The number of hydrogen-bond donors (Lipinski definition) is 3. The molecule has 6 heteroatoms. The number of carbonyl (C=O) groups is 1. The van der Waals surface area contributed by atoms with Gasteiger partial charge >= 0.3 is 0 Å². The average Bonchev–Trinajstić information content (AvgIpc) is 2.90. The first-order valence-corrected chi connectivity index (χ1v) is 8.97. The van der Waals surface area contributed by atoms with Crippen molar-refractivity contribution in [2.45, 2.75) is 33.1 Å². The van der Waals surface area contributed by atoms with Gasteiger partial charge in [-0.05, 0) is 56.2 Å². The largest absolute Gasteiger partial charge is 0.494 e. The molecule has 3 N–H and O–H groups in total. The molecular weight excluding hydrogens is 342 g/mol. The molecule has 1 aromatic carbocycles. The van der Waals surface area contributed by atoms with E-state index in [0.717, 1.165) is 18.4 Å². The van der Waals surface area contributed by atoms with Crippen LogP contribution in [0.3, 0.4) is 0 Å². The molecule has 0 bridgehead atoms. The summed E-state index contributed by atoms with van der Waals surface area (Å²) >= 11 is 0. The zero-order valence-electron chi connectivity index (χ0n) is 15.4. The number of anilines is 1. The van der Waals surface area contributed by atoms with Crippen molar-refractivity contribution < 1.29 is 15.0 Å². The molecular formula is C21H23N3O3. The van der Waals surface area contributed by atoms with Crippen molar-refractivity contribution >= 4 is 11.6 Å². The third kappa shape index (κ3) is 3.79. The zero-order chi connectivity index (χ0) is 19.4. The van der Waals surface area contributed by atoms with E-state index < -0.39 is 0 Å². The predicted molar refractivity (Wildman–Crippen MR) is 105 cm³/mol. The number of pyridine rings is 1. The van der Waals surface area contributed by atoms with Crippen LogP contribution in [0.25, 0.3) is 5.69 Å². The van der Waals surface area contributed by atoms with Crippen molar-refractivity contribution in [1.29, 1.82) is 0 Å². The maximum absolute atomic E-state index is 12.2. The number of carbonyl (C=O) groups excluding carboxylic acids is 1. The van der Waals surface area contributed by atoms with E-state index >= 15 is 0 Å². The number of hydrogen-bond acceptors (Lipinski definition) is 4. The number of rotatable bonds is 6. The Morgan fingerprint density at radius 1 is 1.11 bits per heavy atom.